The molecule has 0 radical (unpaired) electrons. The Morgan fingerprint density at radius 2 is 2.23 bits per heavy atom. The number of thiazole rings is 2. The van der Waals surface area contributed by atoms with Crippen molar-refractivity contribution in [3.05, 3.63) is 39.8 Å². The van der Waals surface area contributed by atoms with Crippen molar-refractivity contribution in [2.24, 2.45) is 0 Å². The van der Waals surface area contributed by atoms with Crippen molar-refractivity contribution in [1.82, 2.24) is 9.97 Å². The molecule has 0 atom stereocenters. The number of hydrogen-bond acceptors (Lipinski definition) is 5. The number of anilines is 1. The summed E-state index contributed by atoms with van der Waals surface area (Å²) in [5.74, 6) is -0.134. The number of unbranched alkanes of at least 4 members (excludes halogenated alkanes) is 1. The molecule has 6 heteroatoms. The van der Waals surface area contributed by atoms with Gasteiger partial charge in [-0.3, -0.25) is 10.1 Å². The van der Waals surface area contributed by atoms with E-state index in [0.29, 0.717) is 10.0 Å². The Morgan fingerprint density at radius 3 is 2.95 bits per heavy atom. The van der Waals surface area contributed by atoms with Crippen LogP contribution in [0, 0.1) is 6.92 Å². The maximum Gasteiger partial charge on any atom is 0.269 e. The van der Waals surface area contributed by atoms with Gasteiger partial charge < -0.3 is 0 Å². The second kappa shape index (κ2) is 6.54. The van der Waals surface area contributed by atoms with Gasteiger partial charge in [0.2, 0.25) is 0 Å². The SMILES string of the molecule is CCCCc1ccc2nc(NC(=O)c3scnc3C)sc2c1. The number of carbonyl (C=O) groups excluding carboxylic acids is 1. The molecule has 0 unspecified atom stereocenters. The van der Waals surface area contributed by atoms with Crippen LogP contribution in [0.5, 0.6) is 0 Å². The highest BCUT2D eigenvalue weighted by atomic mass is 32.1. The molecule has 0 spiro atoms. The third kappa shape index (κ3) is 3.18. The normalized spacial score (nSPS) is 11.0. The molecular formula is C16H17N3OS2. The van der Waals surface area contributed by atoms with Crippen molar-refractivity contribution in [2.45, 2.75) is 33.1 Å². The number of rotatable bonds is 5. The van der Waals surface area contributed by atoms with Crippen molar-refractivity contribution in [3.8, 4) is 0 Å². The van der Waals surface area contributed by atoms with Crippen LogP contribution in [-0.4, -0.2) is 15.9 Å². The summed E-state index contributed by atoms with van der Waals surface area (Å²) in [6, 6.07) is 6.33. The Hall–Kier alpha value is -1.79. The Balaban J connectivity index is 1.80. The fraction of sp³-hybridized carbons (Fsp3) is 0.312. The van der Waals surface area contributed by atoms with E-state index < -0.39 is 0 Å². The molecule has 0 aliphatic rings. The lowest BCUT2D eigenvalue weighted by Crippen LogP contribution is -2.11. The first-order valence-corrected chi connectivity index (χ1v) is 8.98. The fourth-order valence-corrected chi connectivity index (χ4v) is 3.85. The van der Waals surface area contributed by atoms with E-state index in [2.05, 4.69) is 34.3 Å². The largest absolute Gasteiger partial charge is 0.297 e. The number of nitrogens with zero attached hydrogens (tertiary/aromatic N) is 2. The monoisotopic (exact) mass is 331 g/mol. The van der Waals surface area contributed by atoms with E-state index in [1.54, 1.807) is 5.51 Å². The van der Waals surface area contributed by atoms with E-state index in [0.717, 1.165) is 22.3 Å². The van der Waals surface area contributed by atoms with Gasteiger partial charge in [0, 0.05) is 0 Å². The molecule has 2 aromatic heterocycles. The molecule has 0 aliphatic carbocycles. The van der Waals surface area contributed by atoms with Crippen molar-refractivity contribution in [1.29, 1.82) is 0 Å². The minimum absolute atomic E-state index is 0.134. The first-order valence-electron chi connectivity index (χ1n) is 7.28. The molecule has 3 rings (SSSR count). The van der Waals surface area contributed by atoms with Gasteiger partial charge in [0.25, 0.3) is 5.91 Å². The van der Waals surface area contributed by atoms with Crippen LogP contribution in [0.4, 0.5) is 5.13 Å². The molecule has 3 aromatic rings. The van der Waals surface area contributed by atoms with Crippen molar-refractivity contribution < 1.29 is 4.79 Å². The predicted molar refractivity (Wildman–Crippen MR) is 93.0 cm³/mol. The van der Waals surface area contributed by atoms with E-state index in [-0.39, 0.29) is 5.91 Å². The van der Waals surface area contributed by atoms with Gasteiger partial charge in [-0.05, 0) is 37.5 Å². The van der Waals surface area contributed by atoms with Gasteiger partial charge in [-0.2, -0.15) is 0 Å². The lowest BCUT2D eigenvalue weighted by molar-refractivity contribution is 0.103. The summed E-state index contributed by atoms with van der Waals surface area (Å²) in [5, 5.41) is 3.52. The lowest BCUT2D eigenvalue weighted by atomic mass is 10.1. The Morgan fingerprint density at radius 1 is 1.36 bits per heavy atom. The van der Waals surface area contributed by atoms with Crippen LogP contribution < -0.4 is 5.32 Å². The molecule has 0 saturated heterocycles. The molecule has 4 nitrogen and oxygen atoms in total. The van der Waals surface area contributed by atoms with E-state index in [9.17, 15) is 4.79 Å². The highest BCUT2D eigenvalue weighted by Gasteiger charge is 2.14. The molecule has 1 aromatic carbocycles. The molecule has 0 saturated carbocycles. The Labute approximate surface area is 137 Å². The molecule has 114 valence electrons. The van der Waals surface area contributed by atoms with E-state index >= 15 is 0 Å². The maximum absolute atomic E-state index is 12.2. The third-order valence-corrected chi connectivity index (χ3v) is 5.30. The van der Waals surface area contributed by atoms with Gasteiger partial charge in [0.1, 0.15) is 4.88 Å². The van der Waals surface area contributed by atoms with E-state index in [4.69, 9.17) is 0 Å². The number of aromatic nitrogens is 2. The summed E-state index contributed by atoms with van der Waals surface area (Å²) in [7, 11) is 0. The fourth-order valence-electron chi connectivity index (χ4n) is 2.23. The standard InChI is InChI=1S/C16H17N3OS2/c1-3-4-5-11-6-7-12-13(8-11)22-16(18-12)19-15(20)14-10(2)17-9-21-14/h6-9H,3-5H2,1-2H3,(H,18,19,20). The molecule has 0 bridgehead atoms. The minimum atomic E-state index is -0.134. The highest BCUT2D eigenvalue weighted by Crippen LogP contribution is 2.28. The minimum Gasteiger partial charge on any atom is -0.297 e. The van der Waals surface area contributed by atoms with Gasteiger partial charge in [0.15, 0.2) is 5.13 Å². The lowest BCUT2D eigenvalue weighted by Gasteiger charge is -1.98. The molecule has 0 aliphatic heterocycles. The average molecular weight is 331 g/mol. The molecule has 1 N–H and O–H groups in total. The van der Waals surface area contributed by atoms with Gasteiger partial charge in [-0.15, -0.1) is 11.3 Å². The average Bonchev–Trinajstić information content (AvgIpc) is 3.09. The van der Waals surface area contributed by atoms with Gasteiger partial charge >= 0.3 is 0 Å². The quantitative estimate of drug-likeness (QED) is 0.740. The van der Waals surface area contributed by atoms with E-state index in [1.807, 2.05) is 13.0 Å². The topological polar surface area (TPSA) is 54.9 Å². The smallest absolute Gasteiger partial charge is 0.269 e. The summed E-state index contributed by atoms with van der Waals surface area (Å²) >= 11 is 2.87. The summed E-state index contributed by atoms with van der Waals surface area (Å²) in [6.07, 6.45) is 3.47. The molecule has 2 heterocycles. The van der Waals surface area contributed by atoms with Gasteiger partial charge in [-0.1, -0.05) is 30.7 Å². The van der Waals surface area contributed by atoms with Crippen molar-refractivity contribution in [2.75, 3.05) is 5.32 Å². The first kappa shape index (κ1) is 15.1. The summed E-state index contributed by atoms with van der Waals surface area (Å²) in [4.78, 5) is 21.4. The van der Waals surface area contributed by atoms with Crippen LogP contribution in [-0.2, 0) is 6.42 Å². The number of carbonyl (C=O) groups is 1. The first-order chi connectivity index (χ1) is 10.7. The molecule has 22 heavy (non-hydrogen) atoms. The molecular weight excluding hydrogens is 314 g/mol. The van der Waals surface area contributed by atoms with Crippen LogP contribution in [0.25, 0.3) is 10.2 Å². The third-order valence-electron chi connectivity index (χ3n) is 3.44. The van der Waals surface area contributed by atoms with Gasteiger partial charge in [-0.25, -0.2) is 9.97 Å². The summed E-state index contributed by atoms with van der Waals surface area (Å²) < 4.78 is 1.12. The van der Waals surface area contributed by atoms with E-state index in [1.165, 1.54) is 41.1 Å². The zero-order valence-corrected chi connectivity index (χ0v) is 14.2. The summed E-state index contributed by atoms with van der Waals surface area (Å²) in [6.45, 7) is 4.03. The zero-order chi connectivity index (χ0) is 15.5. The zero-order valence-electron chi connectivity index (χ0n) is 12.5. The molecule has 0 fully saturated rings. The second-order valence-corrected chi connectivity index (χ2v) is 7.03. The number of amides is 1. The van der Waals surface area contributed by atoms with Gasteiger partial charge in [0.05, 0.1) is 21.4 Å². The van der Waals surface area contributed by atoms with Crippen LogP contribution in [0.2, 0.25) is 0 Å². The molecule has 1 amide bonds. The number of fused-ring (bicyclic) bond motifs is 1. The number of hydrogen-bond donors (Lipinski definition) is 1. The predicted octanol–water partition coefficient (Wildman–Crippen LogP) is 4.66. The Bertz CT molecular complexity index is 807. The second-order valence-electron chi connectivity index (χ2n) is 5.15. The maximum atomic E-state index is 12.2. The van der Waals surface area contributed by atoms with Crippen molar-refractivity contribution in [3.63, 3.8) is 0 Å². The van der Waals surface area contributed by atoms with Crippen molar-refractivity contribution >= 4 is 43.9 Å². The number of benzene rings is 1. The summed E-state index contributed by atoms with van der Waals surface area (Å²) in [5.41, 5.74) is 4.70. The Kier molecular flexibility index (Phi) is 4.49. The number of aryl methyl sites for hydroxylation is 2. The van der Waals surface area contributed by atoms with Crippen LogP contribution >= 0.6 is 22.7 Å². The number of nitrogens with one attached hydrogen (secondary N) is 1. The van der Waals surface area contributed by atoms with Crippen LogP contribution in [0.15, 0.2) is 23.7 Å². The highest BCUT2D eigenvalue weighted by molar-refractivity contribution is 7.22. The van der Waals surface area contributed by atoms with Crippen LogP contribution in [0.1, 0.15) is 40.7 Å². The van der Waals surface area contributed by atoms with Crippen LogP contribution in [0.3, 0.4) is 0 Å².